The van der Waals surface area contributed by atoms with Gasteiger partial charge in [-0.1, -0.05) is 18.2 Å². The summed E-state index contributed by atoms with van der Waals surface area (Å²) in [5.41, 5.74) is 10.4. The number of aromatic nitrogens is 3. The second kappa shape index (κ2) is 5.73. The van der Waals surface area contributed by atoms with Gasteiger partial charge in [-0.2, -0.15) is 9.61 Å². The number of benzene rings is 2. The molecule has 2 heterocycles. The Bertz CT molecular complexity index is 1100. The van der Waals surface area contributed by atoms with Crippen molar-refractivity contribution in [3.63, 3.8) is 0 Å². The number of fused-ring (bicyclic) bond motifs is 3. The van der Waals surface area contributed by atoms with E-state index in [9.17, 15) is 4.39 Å². The molecule has 2 aromatic carbocycles. The van der Waals surface area contributed by atoms with E-state index in [0.29, 0.717) is 17.7 Å². The smallest absolute Gasteiger partial charge is 0.222 e. The summed E-state index contributed by atoms with van der Waals surface area (Å²) in [4.78, 5) is 4.42. The second-order valence-corrected chi connectivity index (χ2v) is 6.01. The minimum absolute atomic E-state index is 0.249. The van der Waals surface area contributed by atoms with Crippen LogP contribution in [0.1, 0.15) is 16.8 Å². The van der Waals surface area contributed by atoms with Crippen LogP contribution in [0.25, 0.3) is 16.4 Å². The lowest BCUT2D eigenvalue weighted by Gasteiger charge is -2.07. The molecule has 0 aliphatic rings. The Morgan fingerprint density at radius 1 is 1.20 bits per heavy atom. The molecule has 4 aromatic rings. The van der Waals surface area contributed by atoms with E-state index in [1.54, 1.807) is 23.8 Å². The minimum atomic E-state index is -0.249. The third-order valence-corrected chi connectivity index (χ3v) is 4.38. The third kappa shape index (κ3) is 2.55. The average molecular weight is 336 g/mol. The molecular formula is C19H17FN4O. The van der Waals surface area contributed by atoms with Gasteiger partial charge in [0.15, 0.2) is 0 Å². The monoisotopic (exact) mass is 336 g/mol. The molecule has 0 amide bonds. The van der Waals surface area contributed by atoms with Crippen LogP contribution in [0, 0.1) is 12.7 Å². The standard InChI is InChI=1S/C19H17FN4O/c1-11-6-7-13(20)8-12(11)9-14-10-16-15-4-3-5-17(25-2)18(15)22-19(21)24(16)23-14/h3-8,10H,9H2,1-2H3,(H2,21,22). The zero-order chi connectivity index (χ0) is 17.6. The summed E-state index contributed by atoms with van der Waals surface area (Å²) >= 11 is 0. The topological polar surface area (TPSA) is 65.4 Å². The molecule has 0 radical (unpaired) electrons. The zero-order valence-electron chi connectivity index (χ0n) is 14.0. The molecule has 0 saturated carbocycles. The predicted molar refractivity (Wildman–Crippen MR) is 95.4 cm³/mol. The van der Waals surface area contributed by atoms with E-state index in [1.807, 2.05) is 31.2 Å². The van der Waals surface area contributed by atoms with Crippen molar-refractivity contribution in [2.24, 2.45) is 0 Å². The molecule has 4 rings (SSSR count). The van der Waals surface area contributed by atoms with Crippen molar-refractivity contribution in [3.05, 3.63) is 65.1 Å². The van der Waals surface area contributed by atoms with Crippen molar-refractivity contribution in [2.45, 2.75) is 13.3 Å². The SMILES string of the molecule is COc1cccc2c1nc(N)n1nc(Cc3cc(F)ccc3C)cc21. The van der Waals surface area contributed by atoms with Gasteiger partial charge in [-0.3, -0.25) is 0 Å². The lowest BCUT2D eigenvalue weighted by Crippen LogP contribution is -2.03. The number of aryl methyl sites for hydroxylation is 1. The first kappa shape index (κ1) is 15.4. The van der Waals surface area contributed by atoms with Gasteiger partial charge in [0.05, 0.1) is 18.3 Å². The molecule has 0 fully saturated rings. The minimum Gasteiger partial charge on any atom is -0.494 e. The van der Waals surface area contributed by atoms with E-state index in [1.165, 1.54) is 6.07 Å². The molecule has 6 heteroatoms. The summed E-state index contributed by atoms with van der Waals surface area (Å²) < 4.78 is 20.5. The highest BCUT2D eigenvalue weighted by Gasteiger charge is 2.14. The lowest BCUT2D eigenvalue weighted by molar-refractivity contribution is 0.419. The summed E-state index contributed by atoms with van der Waals surface area (Å²) in [6, 6.07) is 12.5. The fourth-order valence-electron chi connectivity index (χ4n) is 3.08. The van der Waals surface area contributed by atoms with Gasteiger partial charge in [-0.25, -0.2) is 9.37 Å². The van der Waals surface area contributed by atoms with Crippen molar-refractivity contribution in [1.29, 1.82) is 0 Å². The van der Waals surface area contributed by atoms with E-state index in [4.69, 9.17) is 10.5 Å². The molecule has 0 spiro atoms. The zero-order valence-corrected chi connectivity index (χ0v) is 14.0. The van der Waals surface area contributed by atoms with Crippen molar-refractivity contribution in [3.8, 4) is 5.75 Å². The highest BCUT2D eigenvalue weighted by Crippen LogP contribution is 2.29. The maximum absolute atomic E-state index is 13.5. The van der Waals surface area contributed by atoms with Crippen LogP contribution in [0.2, 0.25) is 0 Å². The van der Waals surface area contributed by atoms with Gasteiger partial charge in [0.25, 0.3) is 0 Å². The van der Waals surface area contributed by atoms with Gasteiger partial charge in [-0.15, -0.1) is 0 Å². The fraction of sp³-hybridized carbons (Fsp3) is 0.158. The largest absolute Gasteiger partial charge is 0.494 e. The number of nitrogens with zero attached hydrogens (tertiary/aromatic N) is 3. The van der Waals surface area contributed by atoms with Gasteiger partial charge in [0, 0.05) is 11.8 Å². The van der Waals surface area contributed by atoms with Crippen molar-refractivity contribution in [1.82, 2.24) is 14.6 Å². The summed E-state index contributed by atoms with van der Waals surface area (Å²) in [6.45, 7) is 1.96. The van der Waals surface area contributed by atoms with Gasteiger partial charge in [-0.05, 0) is 42.3 Å². The highest BCUT2D eigenvalue weighted by atomic mass is 19.1. The van der Waals surface area contributed by atoms with Gasteiger partial charge >= 0.3 is 0 Å². The van der Waals surface area contributed by atoms with Gasteiger partial charge in [0.2, 0.25) is 5.95 Å². The van der Waals surface area contributed by atoms with Crippen molar-refractivity contribution < 1.29 is 9.13 Å². The van der Waals surface area contributed by atoms with Gasteiger partial charge < -0.3 is 10.5 Å². The molecule has 0 atom stereocenters. The Balaban J connectivity index is 1.89. The quantitative estimate of drug-likeness (QED) is 0.622. The fourth-order valence-corrected chi connectivity index (χ4v) is 3.08. The van der Waals surface area contributed by atoms with Crippen LogP contribution in [0.15, 0.2) is 42.5 Å². The van der Waals surface area contributed by atoms with Crippen LogP contribution < -0.4 is 10.5 Å². The van der Waals surface area contributed by atoms with Gasteiger partial charge in [0.1, 0.15) is 17.1 Å². The van der Waals surface area contributed by atoms with Crippen LogP contribution in [0.3, 0.4) is 0 Å². The first-order chi connectivity index (χ1) is 12.1. The van der Waals surface area contributed by atoms with Crippen molar-refractivity contribution >= 4 is 22.4 Å². The summed E-state index contributed by atoms with van der Waals surface area (Å²) in [6.07, 6.45) is 0.524. The molecule has 0 unspecified atom stereocenters. The number of hydrogen-bond acceptors (Lipinski definition) is 4. The number of para-hydroxylation sites is 1. The molecule has 25 heavy (non-hydrogen) atoms. The molecular weight excluding hydrogens is 319 g/mol. The number of halogens is 1. The van der Waals surface area contributed by atoms with E-state index < -0.39 is 0 Å². The number of methoxy groups -OCH3 is 1. The maximum atomic E-state index is 13.5. The third-order valence-electron chi connectivity index (χ3n) is 4.38. The number of hydrogen-bond donors (Lipinski definition) is 1. The Hall–Kier alpha value is -3.15. The van der Waals surface area contributed by atoms with E-state index >= 15 is 0 Å². The molecule has 0 bridgehead atoms. The summed E-state index contributed by atoms with van der Waals surface area (Å²) in [5.74, 6) is 0.699. The molecule has 126 valence electrons. The average Bonchev–Trinajstić information content (AvgIpc) is 3.02. The number of anilines is 1. The first-order valence-electron chi connectivity index (χ1n) is 7.92. The van der Waals surface area contributed by atoms with Crippen LogP contribution in [0.4, 0.5) is 10.3 Å². The van der Waals surface area contributed by atoms with Crippen LogP contribution >= 0.6 is 0 Å². The number of nitrogens with two attached hydrogens (primary N) is 1. The number of ether oxygens (including phenoxy) is 1. The lowest BCUT2D eigenvalue weighted by atomic mass is 10.0. The molecule has 2 N–H and O–H groups in total. The molecule has 0 aliphatic heterocycles. The number of nitrogen functional groups attached to an aromatic ring is 1. The van der Waals surface area contributed by atoms with E-state index in [-0.39, 0.29) is 11.8 Å². The Morgan fingerprint density at radius 2 is 2.04 bits per heavy atom. The highest BCUT2D eigenvalue weighted by molar-refractivity contribution is 5.97. The van der Waals surface area contributed by atoms with E-state index in [0.717, 1.165) is 27.7 Å². The summed E-state index contributed by atoms with van der Waals surface area (Å²) in [7, 11) is 1.60. The Morgan fingerprint density at radius 3 is 2.84 bits per heavy atom. The van der Waals surface area contributed by atoms with Crippen LogP contribution in [0.5, 0.6) is 5.75 Å². The number of rotatable bonds is 3. The van der Waals surface area contributed by atoms with E-state index in [2.05, 4.69) is 10.1 Å². The molecule has 5 nitrogen and oxygen atoms in total. The summed E-state index contributed by atoms with van der Waals surface area (Å²) in [5, 5.41) is 5.46. The van der Waals surface area contributed by atoms with Crippen molar-refractivity contribution in [2.75, 3.05) is 12.8 Å². The Kier molecular flexibility index (Phi) is 3.53. The molecule has 0 saturated heterocycles. The molecule has 0 aliphatic carbocycles. The van der Waals surface area contributed by atoms with Crippen LogP contribution in [-0.4, -0.2) is 21.7 Å². The Labute approximate surface area is 143 Å². The molecule has 2 aromatic heterocycles. The predicted octanol–water partition coefficient (Wildman–Crippen LogP) is 3.51. The second-order valence-electron chi connectivity index (χ2n) is 6.01. The maximum Gasteiger partial charge on any atom is 0.222 e. The first-order valence-corrected chi connectivity index (χ1v) is 7.92. The van der Waals surface area contributed by atoms with Crippen LogP contribution in [-0.2, 0) is 6.42 Å². The normalized spacial score (nSPS) is 11.3.